The summed E-state index contributed by atoms with van der Waals surface area (Å²) in [6, 6.07) is 9.54. The van der Waals surface area contributed by atoms with Gasteiger partial charge in [0.05, 0.1) is 23.8 Å². The SMILES string of the molecule is COc1c(OC(C)=O)ccc(/C=N\NC(=O)C2COc3ccccc3O2)c1[N+](=O)[O-]. The normalized spacial score (nSPS) is 14.8. The Morgan fingerprint density at radius 3 is 2.67 bits per heavy atom. The van der Waals surface area contributed by atoms with Crippen LogP contribution in [-0.4, -0.2) is 42.8 Å². The topological polar surface area (TPSA) is 139 Å². The molecule has 1 N–H and O–H groups in total. The van der Waals surface area contributed by atoms with Gasteiger partial charge in [-0.2, -0.15) is 5.10 Å². The maximum Gasteiger partial charge on any atom is 0.323 e. The molecule has 0 fully saturated rings. The highest BCUT2D eigenvalue weighted by molar-refractivity contribution is 5.90. The van der Waals surface area contributed by atoms with E-state index >= 15 is 0 Å². The molecule has 1 aliphatic heterocycles. The predicted molar refractivity (Wildman–Crippen MR) is 103 cm³/mol. The minimum Gasteiger partial charge on any atom is -0.488 e. The molecule has 0 saturated heterocycles. The van der Waals surface area contributed by atoms with E-state index in [0.717, 1.165) is 13.1 Å². The number of nitrogens with one attached hydrogen (secondary N) is 1. The number of nitro benzene ring substituents is 1. The van der Waals surface area contributed by atoms with Crippen LogP contribution in [0.1, 0.15) is 12.5 Å². The smallest absolute Gasteiger partial charge is 0.323 e. The molecule has 1 heterocycles. The summed E-state index contributed by atoms with van der Waals surface area (Å²) < 4.78 is 21.0. The van der Waals surface area contributed by atoms with Gasteiger partial charge in [-0.05, 0) is 24.3 Å². The number of carbonyl (C=O) groups excluding carboxylic acids is 2. The average molecular weight is 415 g/mol. The number of methoxy groups -OCH3 is 1. The first kappa shape index (κ1) is 20.6. The van der Waals surface area contributed by atoms with Crippen molar-refractivity contribution in [2.75, 3.05) is 13.7 Å². The monoisotopic (exact) mass is 415 g/mol. The van der Waals surface area contributed by atoms with Crippen molar-refractivity contribution in [3.05, 3.63) is 52.1 Å². The second-order valence-corrected chi connectivity index (χ2v) is 5.98. The maximum absolute atomic E-state index is 12.3. The van der Waals surface area contributed by atoms with E-state index in [2.05, 4.69) is 10.5 Å². The van der Waals surface area contributed by atoms with Crippen molar-refractivity contribution in [2.24, 2.45) is 5.10 Å². The number of carbonyl (C=O) groups is 2. The Labute approximate surface area is 170 Å². The molecule has 2 aromatic carbocycles. The van der Waals surface area contributed by atoms with Gasteiger partial charge in [-0.25, -0.2) is 5.43 Å². The van der Waals surface area contributed by atoms with Crippen molar-refractivity contribution in [1.29, 1.82) is 0 Å². The first-order chi connectivity index (χ1) is 14.4. The number of para-hydroxylation sites is 2. The van der Waals surface area contributed by atoms with E-state index in [1.807, 2.05) is 0 Å². The van der Waals surface area contributed by atoms with Crippen LogP contribution >= 0.6 is 0 Å². The number of hydrogen-bond acceptors (Lipinski definition) is 9. The Bertz CT molecular complexity index is 1020. The summed E-state index contributed by atoms with van der Waals surface area (Å²) in [5.41, 5.74) is 1.81. The number of hydrogen-bond donors (Lipinski definition) is 1. The van der Waals surface area contributed by atoms with Crippen molar-refractivity contribution in [3.8, 4) is 23.0 Å². The summed E-state index contributed by atoms with van der Waals surface area (Å²) in [7, 11) is 1.20. The van der Waals surface area contributed by atoms with Crippen LogP contribution in [-0.2, 0) is 9.59 Å². The molecule has 1 amide bonds. The molecule has 1 unspecified atom stereocenters. The zero-order valence-corrected chi connectivity index (χ0v) is 16.0. The number of hydrazone groups is 1. The van der Waals surface area contributed by atoms with E-state index in [9.17, 15) is 19.7 Å². The van der Waals surface area contributed by atoms with E-state index in [-0.39, 0.29) is 23.7 Å². The van der Waals surface area contributed by atoms with Gasteiger partial charge < -0.3 is 18.9 Å². The lowest BCUT2D eigenvalue weighted by atomic mass is 10.1. The Hall–Kier alpha value is -4.15. The highest BCUT2D eigenvalue weighted by Crippen LogP contribution is 2.39. The molecule has 11 nitrogen and oxygen atoms in total. The van der Waals surface area contributed by atoms with Gasteiger partial charge in [0.15, 0.2) is 17.2 Å². The summed E-state index contributed by atoms with van der Waals surface area (Å²) in [5, 5.41) is 15.3. The van der Waals surface area contributed by atoms with Crippen molar-refractivity contribution < 1.29 is 33.5 Å². The van der Waals surface area contributed by atoms with Crippen LogP contribution in [0.3, 0.4) is 0 Å². The van der Waals surface area contributed by atoms with Gasteiger partial charge in [-0.3, -0.25) is 19.7 Å². The minimum absolute atomic E-state index is 0.0105. The third-order valence-electron chi connectivity index (χ3n) is 3.95. The van der Waals surface area contributed by atoms with E-state index in [0.29, 0.717) is 11.5 Å². The van der Waals surface area contributed by atoms with Gasteiger partial charge in [-0.15, -0.1) is 0 Å². The van der Waals surface area contributed by atoms with Crippen LogP contribution in [0.2, 0.25) is 0 Å². The number of esters is 1. The third-order valence-corrected chi connectivity index (χ3v) is 3.95. The fraction of sp³-hybridized carbons (Fsp3) is 0.211. The first-order valence-electron chi connectivity index (χ1n) is 8.66. The molecule has 0 aromatic heterocycles. The van der Waals surface area contributed by atoms with Gasteiger partial charge in [0.1, 0.15) is 6.61 Å². The fourth-order valence-electron chi connectivity index (χ4n) is 2.68. The summed E-state index contributed by atoms with van der Waals surface area (Å²) in [6.07, 6.45) is 0.140. The predicted octanol–water partition coefficient (Wildman–Crippen LogP) is 1.82. The van der Waals surface area contributed by atoms with Crippen LogP contribution < -0.4 is 24.4 Å². The Balaban J connectivity index is 1.75. The van der Waals surface area contributed by atoms with E-state index < -0.39 is 28.6 Å². The second kappa shape index (κ2) is 8.90. The minimum atomic E-state index is -0.937. The van der Waals surface area contributed by atoms with Crippen LogP contribution in [0.4, 0.5) is 5.69 Å². The second-order valence-electron chi connectivity index (χ2n) is 5.98. The highest BCUT2D eigenvalue weighted by Gasteiger charge is 2.28. The summed E-state index contributed by atoms with van der Waals surface area (Å²) in [6.45, 7) is 1.15. The first-order valence-corrected chi connectivity index (χ1v) is 8.66. The Kier molecular flexibility index (Phi) is 6.11. The molecule has 3 rings (SSSR count). The van der Waals surface area contributed by atoms with E-state index in [1.165, 1.54) is 19.2 Å². The molecule has 2 aromatic rings. The van der Waals surface area contributed by atoms with Crippen LogP contribution in [0.15, 0.2) is 41.5 Å². The van der Waals surface area contributed by atoms with E-state index in [1.54, 1.807) is 24.3 Å². The van der Waals surface area contributed by atoms with Crippen LogP contribution in [0.5, 0.6) is 23.0 Å². The molecular weight excluding hydrogens is 398 g/mol. The quantitative estimate of drug-likeness (QED) is 0.248. The van der Waals surface area contributed by atoms with Crippen molar-refractivity contribution in [2.45, 2.75) is 13.0 Å². The molecule has 30 heavy (non-hydrogen) atoms. The molecule has 0 aliphatic carbocycles. The lowest BCUT2D eigenvalue weighted by molar-refractivity contribution is -0.385. The molecule has 1 aliphatic rings. The molecule has 156 valence electrons. The number of nitrogens with zero attached hydrogens (tertiary/aromatic N) is 2. The maximum atomic E-state index is 12.3. The summed E-state index contributed by atoms with van der Waals surface area (Å²) >= 11 is 0. The molecule has 0 saturated carbocycles. The number of amides is 1. The number of nitro groups is 1. The van der Waals surface area contributed by atoms with Crippen LogP contribution in [0.25, 0.3) is 0 Å². The highest BCUT2D eigenvalue weighted by atomic mass is 16.6. The number of rotatable bonds is 6. The van der Waals surface area contributed by atoms with Gasteiger partial charge in [0, 0.05) is 6.92 Å². The summed E-state index contributed by atoms with van der Waals surface area (Å²) in [4.78, 5) is 34.2. The molecular formula is C19H17N3O8. The van der Waals surface area contributed by atoms with Gasteiger partial charge in [-0.1, -0.05) is 12.1 Å². The standard InChI is InChI=1S/C19H17N3O8/c1-11(23)29-15-8-7-12(17(22(25)26)18(15)27-2)9-20-21-19(24)16-10-28-13-5-3-4-6-14(13)30-16/h3-9,16H,10H2,1-2H3,(H,21,24)/b20-9-. The van der Waals surface area contributed by atoms with Crippen molar-refractivity contribution in [1.82, 2.24) is 5.43 Å². The molecule has 0 bridgehead atoms. The lowest BCUT2D eigenvalue weighted by Gasteiger charge is -2.24. The molecule has 11 heteroatoms. The van der Waals surface area contributed by atoms with Crippen molar-refractivity contribution in [3.63, 3.8) is 0 Å². The average Bonchev–Trinajstić information content (AvgIpc) is 2.73. The Morgan fingerprint density at radius 1 is 1.27 bits per heavy atom. The number of ether oxygens (including phenoxy) is 4. The Morgan fingerprint density at radius 2 is 2.00 bits per heavy atom. The largest absolute Gasteiger partial charge is 0.488 e. The van der Waals surface area contributed by atoms with Gasteiger partial charge in [0.2, 0.25) is 11.9 Å². The van der Waals surface area contributed by atoms with E-state index in [4.69, 9.17) is 18.9 Å². The zero-order chi connectivity index (χ0) is 21.7. The molecule has 1 atom stereocenters. The van der Waals surface area contributed by atoms with Gasteiger partial charge >= 0.3 is 11.7 Å². The third kappa shape index (κ3) is 4.46. The van der Waals surface area contributed by atoms with Crippen molar-refractivity contribution >= 4 is 23.8 Å². The van der Waals surface area contributed by atoms with Crippen LogP contribution in [0, 0.1) is 10.1 Å². The number of fused-ring (bicyclic) bond motifs is 1. The lowest BCUT2D eigenvalue weighted by Crippen LogP contribution is -2.42. The fourth-order valence-corrected chi connectivity index (χ4v) is 2.68. The summed E-state index contributed by atoms with van der Waals surface area (Å²) in [5.74, 6) is -0.648. The zero-order valence-electron chi connectivity index (χ0n) is 16.0. The van der Waals surface area contributed by atoms with Gasteiger partial charge in [0.25, 0.3) is 5.91 Å². The molecule has 0 radical (unpaired) electrons. The molecule has 0 spiro atoms. The number of benzene rings is 2.